The third kappa shape index (κ3) is 6.57. The van der Waals surface area contributed by atoms with Crippen molar-refractivity contribution >= 4 is 18.0 Å². The number of unbranched alkanes of at least 4 members (excludes halogenated alkanes) is 4. The van der Waals surface area contributed by atoms with Crippen LogP contribution in [0.25, 0.3) is 11.1 Å². The summed E-state index contributed by atoms with van der Waals surface area (Å²) >= 11 is 0. The van der Waals surface area contributed by atoms with Gasteiger partial charge in [0.2, 0.25) is 5.91 Å². The van der Waals surface area contributed by atoms with Crippen LogP contribution in [0.3, 0.4) is 0 Å². The van der Waals surface area contributed by atoms with Crippen LogP contribution in [0.1, 0.15) is 62.5 Å². The fraction of sp³-hybridized carbons (Fsp3) is 0.423. The van der Waals surface area contributed by atoms with Gasteiger partial charge in [0.15, 0.2) is 0 Å². The molecule has 0 saturated carbocycles. The Bertz CT molecular complexity index is 929. The van der Waals surface area contributed by atoms with Gasteiger partial charge in [0.25, 0.3) is 0 Å². The fourth-order valence-electron chi connectivity index (χ4n) is 4.18. The highest BCUT2D eigenvalue weighted by molar-refractivity contribution is 5.82. The minimum Gasteiger partial charge on any atom is -0.480 e. The minimum absolute atomic E-state index is 0.0936. The number of amides is 2. The number of carboxylic acid groups (broad SMARTS) is 1. The minimum atomic E-state index is -1.26. The van der Waals surface area contributed by atoms with Crippen molar-refractivity contribution in [2.45, 2.75) is 57.4 Å². The van der Waals surface area contributed by atoms with Crippen molar-refractivity contribution in [2.24, 2.45) is 0 Å². The number of aliphatic carboxylic acids is 1. The molecular formula is C26H32N2O5. The molecule has 7 heteroatoms. The average molecular weight is 453 g/mol. The normalized spacial score (nSPS) is 13.0. The van der Waals surface area contributed by atoms with E-state index in [-0.39, 0.29) is 25.0 Å². The van der Waals surface area contributed by atoms with Crippen LogP contribution in [0.15, 0.2) is 48.5 Å². The quantitative estimate of drug-likeness (QED) is 0.413. The number of carbonyl (C=O) groups is 3. The van der Waals surface area contributed by atoms with Gasteiger partial charge in [-0.05, 0) is 28.7 Å². The van der Waals surface area contributed by atoms with E-state index in [1.54, 1.807) is 0 Å². The number of benzene rings is 2. The smallest absolute Gasteiger partial charge is 0.407 e. The van der Waals surface area contributed by atoms with Crippen molar-refractivity contribution in [3.05, 3.63) is 59.7 Å². The Morgan fingerprint density at radius 2 is 1.55 bits per heavy atom. The van der Waals surface area contributed by atoms with Crippen LogP contribution in [0.2, 0.25) is 0 Å². The predicted molar refractivity (Wildman–Crippen MR) is 126 cm³/mol. The van der Waals surface area contributed by atoms with E-state index in [0.717, 1.165) is 54.4 Å². The van der Waals surface area contributed by atoms with E-state index in [2.05, 4.69) is 17.6 Å². The van der Waals surface area contributed by atoms with Crippen LogP contribution in [-0.4, -0.2) is 42.3 Å². The van der Waals surface area contributed by atoms with Crippen molar-refractivity contribution < 1.29 is 24.2 Å². The largest absolute Gasteiger partial charge is 0.480 e. The number of ether oxygens (including phenoxy) is 1. The molecule has 33 heavy (non-hydrogen) atoms. The molecule has 176 valence electrons. The highest BCUT2D eigenvalue weighted by Crippen LogP contribution is 2.44. The van der Waals surface area contributed by atoms with Gasteiger partial charge in [-0.3, -0.25) is 4.79 Å². The first-order valence-electron chi connectivity index (χ1n) is 11.6. The topological polar surface area (TPSA) is 105 Å². The predicted octanol–water partition coefficient (Wildman–Crippen LogP) is 4.46. The summed E-state index contributed by atoms with van der Waals surface area (Å²) in [7, 11) is 0. The Labute approximate surface area is 194 Å². The molecule has 0 fully saturated rings. The molecule has 3 rings (SSSR count). The lowest BCUT2D eigenvalue weighted by Gasteiger charge is -2.18. The van der Waals surface area contributed by atoms with Crippen molar-refractivity contribution in [3.8, 4) is 11.1 Å². The Morgan fingerprint density at radius 1 is 0.939 bits per heavy atom. The molecule has 0 radical (unpaired) electrons. The van der Waals surface area contributed by atoms with Gasteiger partial charge in [0.05, 0.1) is 0 Å². The van der Waals surface area contributed by atoms with E-state index in [1.165, 1.54) is 0 Å². The summed E-state index contributed by atoms with van der Waals surface area (Å²) in [5, 5.41) is 14.4. The molecule has 0 aromatic heterocycles. The van der Waals surface area contributed by atoms with E-state index < -0.39 is 18.1 Å². The maximum Gasteiger partial charge on any atom is 0.407 e. The molecule has 1 unspecified atom stereocenters. The highest BCUT2D eigenvalue weighted by Gasteiger charge is 2.29. The zero-order valence-corrected chi connectivity index (χ0v) is 19.0. The van der Waals surface area contributed by atoms with Crippen molar-refractivity contribution in [3.63, 3.8) is 0 Å². The third-order valence-corrected chi connectivity index (χ3v) is 5.94. The summed E-state index contributed by atoms with van der Waals surface area (Å²) in [5.74, 6) is -1.56. The Kier molecular flexibility index (Phi) is 8.87. The van der Waals surface area contributed by atoms with Crippen LogP contribution in [-0.2, 0) is 14.3 Å². The van der Waals surface area contributed by atoms with Crippen LogP contribution < -0.4 is 10.6 Å². The SMILES string of the molecule is CCCCCCCC(=O)NCC(NC(=O)OCC1c2ccccc2-c2ccccc21)C(=O)O. The molecule has 0 heterocycles. The second-order valence-corrected chi connectivity index (χ2v) is 8.33. The van der Waals surface area contributed by atoms with Crippen LogP contribution >= 0.6 is 0 Å². The van der Waals surface area contributed by atoms with Crippen LogP contribution in [0.5, 0.6) is 0 Å². The Balaban J connectivity index is 1.49. The highest BCUT2D eigenvalue weighted by atomic mass is 16.5. The monoisotopic (exact) mass is 452 g/mol. The second kappa shape index (κ2) is 12.0. The van der Waals surface area contributed by atoms with E-state index in [9.17, 15) is 19.5 Å². The van der Waals surface area contributed by atoms with Crippen LogP contribution in [0.4, 0.5) is 4.79 Å². The lowest BCUT2D eigenvalue weighted by atomic mass is 9.98. The summed E-state index contributed by atoms with van der Waals surface area (Å²) in [4.78, 5) is 35.9. The number of nitrogens with one attached hydrogen (secondary N) is 2. The van der Waals surface area contributed by atoms with Gasteiger partial charge in [-0.25, -0.2) is 9.59 Å². The molecule has 2 aromatic rings. The molecular weight excluding hydrogens is 420 g/mol. The standard InChI is InChI=1S/C26H32N2O5/c1-2-3-4-5-6-15-24(29)27-16-23(25(30)31)28-26(32)33-17-22-20-13-9-7-11-18(20)19-12-8-10-14-21(19)22/h7-14,22-23H,2-6,15-17H2,1H3,(H,27,29)(H,28,32)(H,30,31). The van der Waals surface area contributed by atoms with Crippen molar-refractivity contribution in [1.29, 1.82) is 0 Å². The van der Waals surface area contributed by atoms with E-state index in [1.807, 2.05) is 48.5 Å². The molecule has 0 saturated heterocycles. The van der Waals surface area contributed by atoms with E-state index in [0.29, 0.717) is 6.42 Å². The van der Waals surface area contributed by atoms with E-state index >= 15 is 0 Å². The van der Waals surface area contributed by atoms with Gasteiger partial charge in [-0.15, -0.1) is 0 Å². The average Bonchev–Trinajstić information content (AvgIpc) is 3.14. The molecule has 1 atom stereocenters. The Hall–Kier alpha value is -3.35. The maximum absolute atomic E-state index is 12.3. The number of fused-ring (bicyclic) bond motifs is 3. The van der Waals surface area contributed by atoms with Crippen LogP contribution in [0, 0.1) is 0 Å². The van der Waals surface area contributed by atoms with Crippen molar-refractivity contribution in [2.75, 3.05) is 13.2 Å². The second-order valence-electron chi connectivity index (χ2n) is 8.33. The molecule has 2 aromatic carbocycles. The summed E-state index contributed by atoms with van der Waals surface area (Å²) < 4.78 is 5.40. The van der Waals surface area contributed by atoms with Gasteiger partial charge in [0, 0.05) is 18.9 Å². The molecule has 1 aliphatic rings. The van der Waals surface area contributed by atoms with Gasteiger partial charge in [0.1, 0.15) is 12.6 Å². The summed E-state index contributed by atoms with van der Waals surface area (Å²) in [6.45, 7) is 2.03. The van der Waals surface area contributed by atoms with Gasteiger partial charge in [-0.2, -0.15) is 0 Å². The zero-order chi connectivity index (χ0) is 23.6. The molecule has 0 bridgehead atoms. The molecule has 1 aliphatic carbocycles. The number of carboxylic acids is 1. The summed E-state index contributed by atoms with van der Waals surface area (Å²) in [6, 6.07) is 14.7. The third-order valence-electron chi connectivity index (χ3n) is 5.94. The van der Waals surface area contributed by atoms with E-state index in [4.69, 9.17) is 4.74 Å². The first-order valence-corrected chi connectivity index (χ1v) is 11.6. The lowest BCUT2D eigenvalue weighted by molar-refractivity contribution is -0.139. The number of hydrogen-bond donors (Lipinski definition) is 3. The number of hydrogen-bond acceptors (Lipinski definition) is 4. The molecule has 2 amide bonds. The fourth-order valence-corrected chi connectivity index (χ4v) is 4.18. The number of carbonyl (C=O) groups excluding carboxylic acids is 2. The number of rotatable bonds is 12. The molecule has 0 aliphatic heterocycles. The first-order chi connectivity index (χ1) is 16.0. The van der Waals surface area contributed by atoms with Crippen molar-refractivity contribution in [1.82, 2.24) is 10.6 Å². The summed E-state index contributed by atoms with van der Waals surface area (Å²) in [5.41, 5.74) is 4.38. The van der Waals surface area contributed by atoms with Gasteiger partial charge >= 0.3 is 12.1 Å². The lowest BCUT2D eigenvalue weighted by Crippen LogP contribution is -2.48. The number of alkyl carbamates (subject to hydrolysis) is 1. The molecule has 3 N–H and O–H groups in total. The molecule has 7 nitrogen and oxygen atoms in total. The van der Waals surface area contributed by atoms with Gasteiger partial charge in [-0.1, -0.05) is 81.1 Å². The summed E-state index contributed by atoms with van der Waals surface area (Å²) in [6.07, 6.45) is 4.63. The maximum atomic E-state index is 12.3. The molecule has 0 spiro atoms. The zero-order valence-electron chi connectivity index (χ0n) is 19.0. The van der Waals surface area contributed by atoms with Gasteiger partial charge < -0.3 is 20.5 Å². The Morgan fingerprint density at radius 3 is 2.15 bits per heavy atom. The first kappa shape index (κ1) is 24.3.